The van der Waals surface area contributed by atoms with Crippen LogP contribution >= 0.6 is 11.8 Å². The maximum Gasteiger partial charge on any atom is 0.235 e. The summed E-state index contributed by atoms with van der Waals surface area (Å²) in [5, 5.41) is 13.6. The standard InChI is InChI=1S/C17H21N7OS/c1-12(17(25)23-9-4-3-5-10-23)26-14-7-6-13-19-20-16(24(13)21-14)15-18-8-11-22(15)2/h6-8,11-12H,3-5,9-10H2,1-2H3. The molecule has 1 aliphatic rings. The zero-order valence-electron chi connectivity index (χ0n) is 14.9. The summed E-state index contributed by atoms with van der Waals surface area (Å²) >= 11 is 1.47. The summed E-state index contributed by atoms with van der Waals surface area (Å²) < 4.78 is 3.56. The van der Waals surface area contributed by atoms with Crippen molar-refractivity contribution in [2.45, 2.75) is 36.5 Å². The molecule has 4 heterocycles. The van der Waals surface area contributed by atoms with Crippen molar-refractivity contribution in [1.29, 1.82) is 0 Å². The monoisotopic (exact) mass is 371 g/mol. The lowest BCUT2D eigenvalue weighted by Crippen LogP contribution is -2.40. The summed E-state index contributed by atoms with van der Waals surface area (Å²) in [6.45, 7) is 3.68. The molecule has 3 aromatic rings. The fraction of sp³-hybridized carbons (Fsp3) is 0.471. The molecule has 1 saturated heterocycles. The first-order valence-corrected chi connectivity index (χ1v) is 9.67. The number of aryl methyl sites for hydroxylation is 1. The molecule has 0 bridgehead atoms. The van der Waals surface area contributed by atoms with E-state index in [-0.39, 0.29) is 11.2 Å². The van der Waals surface area contributed by atoms with E-state index < -0.39 is 0 Å². The number of carbonyl (C=O) groups excluding carboxylic acids is 1. The Hall–Kier alpha value is -2.42. The van der Waals surface area contributed by atoms with Crippen LogP contribution in [-0.2, 0) is 11.8 Å². The first kappa shape index (κ1) is 17.0. The number of imidazole rings is 1. The minimum absolute atomic E-state index is 0.175. The topological polar surface area (TPSA) is 81.2 Å². The lowest BCUT2D eigenvalue weighted by Gasteiger charge is -2.28. The average Bonchev–Trinajstić information content (AvgIpc) is 3.27. The van der Waals surface area contributed by atoms with E-state index in [1.54, 1.807) is 10.7 Å². The van der Waals surface area contributed by atoms with Gasteiger partial charge < -0.3 is 9.47 Å². The summed E-state index contributed by atoms with van der Waals surface area (Å²) in [5.41, 5.74) is 0.655. The Morgan fingerprint density at radius 1 is 1.15 bits per heavy atom. The number of hydrogen-bond acceptors (Lipinski definition) is 6. The highest BCUT2D eigenvalue weighted by atomic mass is 32.2. The molecule has 0 aromatic carbocycles. The number of thioether (sulfide) groups is 1. The van der Waals surface area contributed by atoms with Crippen LogP contribution in [0.15, 0.2) is 29.6 Å². The predicted octanol–water partition coefficient (Wildman–Crippen LogP) is 2.02. The second-order valence-electron chi connectivity index (χ2n) is 6.47. The predicted molar refractivity (Wildman–Crippen MR) is 98.7 cm³/mol. The van der Waals surface area contributed by atoms with Crippen molar-refractivity contribution in [2.24, 2.45) is 7.05 Å². The first-order valence-electron chi connectivity index (χ1n) is 8.79. The van der Waals surface area contributed by atoms with Crippen LogP contribution in [0, 0.1) is 0 Å². The Balaban J connectivity index is 1.57. The third-order valence-electron chi connectivity index (χ3n) is 4.57. The molecule has 3 aromatic heterocycles. The van der Waals surface area contributed by atoms with Crippen LogP contribution in [0.3, 0.4) is 0 Å². The van der Waals surface area contributed by atoms with Crippen molar-refractivity contribution in [3.63, 3.8) is 0 Å². The van der Waals surface area contributed by atoms with Crippen molar-refractivity contribution in [3.05, 3.63) is 24.5 Å². The Morgan fingerprint density at radius 2 is 1.96 bits per heavy atom. The van der Waals surface area contributed by atoms with Crippen molar-refractivity contribution < 1.29 is 4.79 Å². The highest BCUT2D eigenvalue weighted by Gasteiger charge is 2.24. The molecule has 1 amide bonds. The normalized spacial score (nSPS) is 16.2. The van der Waals surface area contributed by atoms with Crippen LogP contribution in [0.5, 0.6) is 0 Å². The van der Waals surface area contributed by atoms with Gasteiger partial charge >= 0.3 is 0 Å². The van der Waals surface area contributed by atoms with Crippen LogP contribution < -0.4 is 0 Å². The fourth-order valence-corrected chi connectivity index (χ4v) is 4.05. The van der Waals surface area contributed by atoms with E-state index in [2.05, 4.69) is 20.3 Å². The molecule has 0 saturated carbocycles. The molecule has 0 spiro atoms. The number of nitrogens with zero attached hydrogens (tertiary/aromatic N) is 7. The molecule has 0 radical (unpaired) electrons. The van der Waals surface area contributed by atoms with Gasteiger partial charge in [-0.25, -0.2) is 4.98 Å². The zero-order valence-corrected chi connectivity index (χ0v) is 15.7. The molecule has 1 unspecified atom stereocenters. The molecule has 26 heavy (non-hydrogen) atoms. The van der Waals surface area contributed by atoms with Crippen LogP contribution in [0.25, 0.3) is 17.3 Å². The van der Waals surface area contributed by atoms with Gasteiger partial charge in [-0.1, -0.05) is 11.8 Å². The number of piperidine rings is 1. The van der Waals surface area contributed by atoms with Crippen LogP contribution in [0.4, 0.5) is 0 Å². The van der Waals surface area contributed by atoms with Gasteiger partial charge in [-0.15, -0.1) is 10.2 Å². The fourth-order valence-electron chi connectivity index (χ4n) is 3.16. The summed E-state index contributed by atoms with van der Waals surface area (Å²) in [6.07, 6.45) is 6.98. The van der Waals surface area contributed by atoms with Gasteiger partial charge in [-0.3, -0.25) is 4.79 Å². The minimum Gasteiger partial charge on any atom is -0.342 e. The third-order valence-corrected chi connectivity index (χ3v) is 5.59. The molecule has 0 aliphatic carbocycles. The minimum atomic E-state index is -0.175. The number of amides is 1. The van der Waals surface area contributed by atoms with Gasteiger partial charge in [-0.05, 0) is 38.3 Å². The van der Waals surface area contributed by atoms with Gasteiger partial charge in [0.15, 0.2) is 11.5 Å². The molecule has 8 nitrogen and oxygen atoms in total. The van der Waals surface area contributed by atoms with Gasteiger partial charge in [0.1, 0.15) is 5.03 Å². The lowest BCUT2D eigenvalue weighted by molar-refractivity contribution is -0.131. The smallest absolute Gasteiger partial charge is 0.235 e. The van der Waals surface area contributed by atoms with Gasteiger partial charge in [0.2, 0.25) is 11.7 Å². The molecular weight excluding hydrogens is 350 g/mol. The molecule has 136 valence electrons. The Morgan fingerprint density at radius 3 is 2.69 bits per heavy atom. The maximum absolute atomic E-state index is 12.6. The second kappa shape index (κ2) is 7.06. The quantitative estimate of drug-likeness (QED) is 0.653. The molecular formula is C17H21N7OS. The van der Waals surface area contributed by atoms with E-state index in [9.17, 15) is 4.79 Å². The van der Waals surface area contributed by atoms with Crippen molar-refractivity contribution >= 4 is 23.3 Å². The summed E-state index contributed by atoms with van der Waals surface area (Å²) in [7, 11) is 1.90. The number of aromatic nitrogens is 6. The molecule has 1 aliphatic heterocycles. The number of likely N-dealkylation sites (tertiary alicyclic amines) is 1. The first-order chi connectivity index (χ1) is 12.6. The third kappa shape index (κ3) is 3.18. The molecule has 9 heteroatoms. The molecule has 4 rings (SSSR count). The van der Waals surface area contributed by atoms with E-state index in [4.69, 9.17) is 0 Å². The Kier molecular flexibility index (Phi) is 4.62. The second-order valence-corrected chi connectivity index (χ2v) is 7.83. The Labute approximate surface area is 155 Å². The van der Waals surface area contributed by atoms with Crippen molar-refractivity contribution in [3.8, 4) is 11.6 Å². The number of hydrogen-bond donors (Lipinski definition) is 0. The van der Waals surface area contributed by atoms with Crippen molar-refractivity contribution in [2.75, 3.05) is 13.1 Å². The van der Waals surface area contributed by atoms with E-state index in [1.165, 1.54) is 18.2 Å². The van der Waals surface area contributed by atoms with Gasteiger partial charge in [0, 0.05) is 32.5 Å². The average molecular weight is 371 g/mol. The highest BCUT2D eigenvalue weighted by molar-refractivity contribution is 8.00. The van der Waals surface area contributed by atoms with E-state index in [1.807, 2.05) is 41.8 Å². The summed E-state index contributed by atoms with van der Waals surface area (Å²) in [4.78, 5) is 18.9. The molecule has 1 atom stereocenters. The van der Waals surface area contributed by atoms with E-state index in [0.29, 0.717) is 17.3 Å². The SMILES string of the molecule is CC(Sc1ccc2nnc(-c3nccn3C)n2n1)C(=O)N1CCCCC1. The zero-order chi connectivity index (χ0) is 18.1. The van der Waals surface area contributed by atoms with E-state index in [0.717, 1.165) is 31.0 Å². The van der Waals surface area contributed by atoms with Gasteiger partial charge in [-0.2, -0.15) is 9.61 Å². The van der Waals surface area contributed by atoms with Crippen LogP contribution in [-0.4, -0.2) is 58.5 Å². The number of fused-ring (bicyclic) bond motifs is 1. The van der Waals surface area contributed by atoms with Crippen molar-refractivity contribution in [1.82, 2.24) is 34.3 Å². The van der Waals surface area contributed by atoms with Gasteiger partial charge in [0.05, 0.1) is 5.25 Å². The lowest BCUT2D eigenvalue weighted by atomic mass is 10.1. The number of carbonyl (C=O) groups is 1. The summed E-state index contributed by atoms with van der Waals surface area (Å²) in [6, 6.07) is 3.75. The van der Waals surface area contributed by atoms with Crippen LogP contribution in [0.2, 0.25) is 0 Å². The number of rotatable bonds is 4. The van der Waals surface area contributed by atoms with Gasteiger partial charge in [0.25, 0.3) is 0 Å². The maximum atomic E-state index is 12.6. The highest BCUT2D eigenvalue weighted by Crippen LogP contribution is 2.25. The Bertz CT molecular complexity index is 928. The van der Waals surface area contributed by atoms with E-state index >= 15 is 0 Å². The largest absolute Gasteiger partial charge is 0.342 e. The van der Waals surface area contributed by atoms with Crippen LogP contribution in [0.1, 0.15) is 26.2 Å². The summed E-state index contributed by atoms with van der Waals surface area (Å²) in [5.74, 6) is 1.47. The molecule has 1 fully saturated rings. The molecule has 0 N–H and O–H groups in total.